The quantitative estimate of drug-likeness (QED) is 0.640. The Hall–Kier alpha value is -3.04. The van der Waals surface area contributed by atoms with Crippen LogP contribution in [0.5, 0.6) is 0 Å². The van der Waals surface area contributed by atoms with Crippen LogP contribution in [0.3, 0.4) is 0 Å². The van der Waals surface area contributed by atoms with Crippen LogP contribution in [-0.2, 0) is 0 Å². The topological polar surface area (TPSA) is 74.0 Å². The van der Waals surface area contributed by atoms with E-state index >= 15 is 0 Å². The average Bonchev–Trinajstić information content (AvgIpc) is 3.06. The summed E-state index contributed by atoms with van der Waals surface area (Å²) in [5.41, 5.74) is 2.30. The number of nitrogens with zero attached hydrogens (tertiary/aromatic N) is 2. The Labute approximate surface area is 142 Å². The smallest absolute Gasteiger partial charge is 0.347 e. The molecule has 1 N–H and O–H groups in total. The third kappa shape index (κ3) is 3.83. The number of nitriles is 1. The Morgan fingerprint density at radius 1 is 1.42 bits per heavy atom. The van der Waals surface area contributed by atoms with E-state index in [0.29, 0.717) is 21.7 Å². The van der Waals surface area contributed by atoms with E-state index in [1.165, 1.54) is 24.4 Å². The summed E-state index contributed by atoms with van der Waals surface area (Å²) < 4.78 is 13.0. The number of aromatic nitrogens is 1. The third-order valence-corrected chi connectivity index (χ3v) is 4.32. The highest BCUT2D eigenvalue weighted by molar-refractivity contribution is 7.14. The van der Waals surface area contributed by atoms with Crippen molar-refractivity contribution in [2.45, 2.75) is 6.92 Å². The standard InChI is InChI=1S/C18H13FN2O2S/c1-3-12(17-21-10-16(24-17)18(22)23)8-14(9-20)11(2)13-4-6-15(19)7-5-13/h3-8,10H,1H2,2H3,(H,22,23)/b12-8+,14-11-. The van der Waals surface area contributed by atoms with Crippen LogP contribution >= 0.6 is 11.3 Å². The number of carboxylic acid groups (broad SMARTS) is 1. The maximum Gasteiger partial charge on any atom is 0.347 e. The minimum Gasteiger partial charge on any atom is -0.477 e. The molecule has 2 rings (SSSR count). The van der Waals surface area contributed by atoms with Gasteiger partial charge >= 0.3 is 5.97 Å². The van der Waals surface area contributed by atoms with Crippen LogP contribution in [0.15, 0.2) is 54.8 Å². The first kappa shape index (κ1) is 17.3. The number of hydrogen-bond donors (Lipinski definition) is 1. The van der Waals surface area contributed by atoms with E-state index in [9.17, 15) is 14.4 Å². The monoisotopic (exact) mass is 340 g/mol. The maximum atomic E-state index is 13.0. The molecule has 0 saturated heterocycles. The fraction of sp³-hybridized carbons (Fsp3) is 0.0556. The first-order valence-corrected chi connectivity index (χ1v) is 7.68. The van der Waals surface area contributed by atoms with Gasteiger partial charge in [0.1, 0.15) is 15.7 Å². The van der Waals surface area contributed by atoms with Gasteiger partial charge in [-0.15, -0.1) is 11.3 Å². The minimum atomic E-state index is -1.05. The predicted molar refractivity (Wildman–Crippen MR) is 91.9 cm³/mol. The third-order valence-electron chi connectivity index (χ3n) is 3.28. The second kappa shape index (κ2) is 7.49. The number of hydrogen-bond acceptors (Lipinski definition) is 4. The van der Waals surface area contributed by atoms with Crippen molar-refractivity contribution >= 4 is 28.5 Å². The predicted octanol–water partition coefficient (Wildman–Crippen LogP) is 4.55. The average molecular weight is 340 g/mol. The highest BCUT2D eigenvalue weighted by Gasteiger charge is 2.11. The molecular formula is C18H13FN2O2S. The van der Waals surface area contributed by atoms with Gasteiger partial charge in [0.15, 0.2) is 0 Å². The second-order valence-corrected chi connectivity index (χ2v) is 5.83. The molecule has 6 heteroatoms. The summed E-state index contributed by atoms with van der Waals surface area (Å²) in [6.45, 7) is 5.45. The minimum absolute atomic E-state index is 0.107. The lowest BCUT2D eigenvalue weighted by Crippen LogP contribution is -1.89. The lowest BCUT2D eigenvalue weighted by Gasteiger charge is -2.04. The molecule has 4 nitrogen and oxygen atoms in total. The van der Waals surface area contributed by atoms with E-state index < -0.39 is 5.97 Å². The van der Waals surface area contributed by atoms with Gasteiger partial charge in [0.25, 0.3) is 0 Å². The fourth-order valence-electron chi connectivity index (χ4n) is 1.95. The molecule has 1 aromatic carbocycles. The van der Waals surface area contributed by atoms with Crippen LogP contribution in [0, 0.1) is 17.1 Å². The van der Waals surface area contributed by atoms with Gasteiger partial charge < -0.3 is 5.11 Å². The van der Waals surface area contributed by atoms with E-state index in [1.807, 2.05) is 0 Å². The van der Waals surface area contributed by atoms with E-state index in [0.717, 1.165) is 16.9 Å². The first-order chi connectivity index (χ1) is 11.5. The van der Waals surface area contributed by atoms with Crippen molar-refractivity contribution in [2.75, 3.05) is 0 Å². The number of carboxylic acids is 1. The molecule has 0 fully saturated rings. The van der Waals surface area contributed by atoms with Gasteiger partial charge in [-0.3, -0.25) is 0 Å². The van der Waals surface area contributed by atoms with Gasteiger partial charge in [0, 0.05) is 5.57 Å². The van der Waals surface area contributed by atoms with E-state index in [-0.39, 0.29) is 10.7 Å². The SMILES string of the molecule is C=C/C(=C\C(C#N)=C(/C)c1ccc(F)cc1)c1ncc(C(=O)O)s1. The highest BCUT2D eigenvalue weighted by Crippen LogP contribution is 2.26. The molecule has 120 valence electrons. The Kier molecular flexibility index (Phi) is 5.40. The van der Waals surface area contributed by atoms with Crippen molar-refractivity contribution in [3.05, 3.63) is 76.0 Å². The van der Waals surface area contributed by atoms with E-state index in [1.54, 1.807) is 25.1 Å². The summed E-state index contributed by atoms with van der Waals surface area (Å²) in [4.78, 5) is 15.1. The van der Waals surface area contributed by atoms with Crippen LogP contribution in [-0.4, -0.2) is 16.1 Å². The summed E-state index contributed by atoms with van der Waals surface area (Å²) in [7, 11) is 0. The molecule has 1 aromatic heterocycles. The van der Waals surface area contributed by atoms with Crippen molar-refractivity contribution < 1.29 is 14.3 Å². The molecular weight excluding hydrogens is 327 g/mol. The molecule has 2 aromatic rings. The number of halogens is 1. The molecule has 0 spiro atoms. The van der Waals surface area contributed by atoms with Crippen LogP contribution in [0.25, 0.3) is 11.1 Å². The van der Waals surface area contributed by atoms with Crippen molar-refractivity contribution in [2.24, 2.45) is 0 Å². The number of aromatic carboxylic acids is 1. The number of allylic oxidation sites excluding steroid dienone is 5. The normalized spacial score (nSPS) is 12.3. The Bertz CT molecular complexity index is 886. The van der Waals surface area contributed by atoms with Crippen LogP contribution in [0.4, 0.5) is 4.39 Å². The Morgan fingerprint density at radius 3 is 2.58 bits per heavy atom. The van der Waals surface area contributed by atoms with Crippen molar-refractivity contribution in [1.29, 1.82) is 5.26 Å². The van der Waals surface area contributed by atoms with Crippen LogP contribution < -0.4 is 0 Å². The number of rotatable bonds is 5. The lowest BCUT2D eigenvalue weighted by molar-refractivity contribution is 0.0702. The Balaban J connectivity index is 2.47. The zero-order valence-electron chi connectivity index (χ0n) is 12.8. The molecule has 0 saturated carbocycles. The van der Waals surface area contributed by atoms with Gasteiger partial charge in [0.05, 0.1) is 17.8 Å². The summed E-state index contributed by atoms with van der Waals surface area (Å²) in [5.74, 6) is -1.41. The van der Waals surface area contributed by atoms with E-state index in [2.05, 4.69) is 17.6 Å². The first-order valence-electron chi connectivity index (χ1n) is 6.86. The largest absolute Gasteiger partial charge is 0.477 e. The molecule has 0 atom stereocenters. The molecule has 24 heavy (non-hydrogen) atoms. The van der Waals surface area contributed by atoms with Crippen molar-refractivity contribution in [3.63, 3.8) is 0 Å². The van der Waals surface area contributed by atoms with Gasteiger partial charge in [0.2, 0.25) is 0 Å². The number of carbonyl (C=O) groups is 1. The van der Waals surface area contributed by atoms with Crippen molar-refractivity contribution in [3.8, 4) is 6.07 Å². The van der Waals surface area contributed by atoms with Gasteiger partial charge in [-0.05, 0) is 36.3 Å². The number of benzene rings is 1. The summed E-state index contributed by atoms with van der Waals surface area (Å²) in [6, 6.07) is 7.94. The van der Waals surface area contributed by atoms with Crippen molar-refractivity contribution in [1.82, 2.24) is 4.98 Å². The van der Waals surface area contributed by atoms with E-state index in [4.69, 9.17) is 5.11 Å². The summed E-state index contributed by atoms with van der Waals surface area (Å²) in [6.07, 6.45) is 4.37. The summed E-state index contributed by atoms with van der Waals surface area (Å²) in [5, 5.41) is 18.9. The second-order valence-electron chi connectivity index (χ2n) is 4.80. The molecule has 0 bridgehead atoms. The van der Waals surface area contributed by atoms with Crippen LogP contribution in [0.1, 0.15) is 27.2 Å². The lowest BCUT2D eigenvalue weighted by atomic mass is 10.0. The molecule has 0 radical (unpaired) electrons. The molecule has 0 aliphatic heterocycles. The highest BCUT2D eigenvalue weighted by atomic mass is 32.1. The summed E-state index contributed by atoms with van der Waals surface area (Å²) >= 11 is 1.00. The van der Waals surface area contributed by atoms with Gasteiger partial charge in [-0.2, -0.15) is 5.26 Å². The van der Waals surface area contributed by atoms with Gasteiger partial charge in [-0.25, -0.2) is 14.2 Å². The Morgan fingerprint density at radius 2 is 2.08 bits per heavy atom. The van der Waals surface area contributed by atoms with Crippen LogP contribution in [0.2, 0.25) is 0 Å². The zero-order valence-corrected chi connectivity index (χ0v) is 13.6. The maximum absolute atomic E-state index is 13.0. The zero-order chi connectivity index (χ0) is 17.7. The molecule has 0 unspecified atom stereocenters. The fourth-order valence-corrected chi connectivity index (χ4v) is 2.72. The molecule has 0 aliphatic carbocycles. The molecule has 1 heterocycles. The molecule has 0 aliphatic rings. The number of thiazole rings is 1. The van der Waals surface area contributed by atoms with Gasteiger partial charge in [-0.1, -0.05) is 24.8 Å². The molecule has 0 amide bonds.